The number of hydrogen-bond acceptors (Lipinski definition) is 4. The summed E-state index contributed by atoms with van der Waals surface area (Å²) in [7, 11) is 0. The Morgan fingerprint density at radius 1 is 1.04 bits per heavy atom. The van der Waals surface area contributed by atoms with Gasteiger partial charge < -0.3 is 21.7 Å². The Morgan fingerprint density at radius 3 is 1.76 bits per heavy atom. The number of aliphatic carboxylic acids is 2. The van der Waals surface area contributed by atoms with E-state index in [4.69, 9.17) is 21.7 Å². The van der Waals surface area contributed by atoms with Gasteiger partial charge in [-0.15, -0.1) is 0 Å². The molecule has 0 aromatic rings. The molecule has 1 radical (unpaired) electrons. The van der Waals surface area contributed by atoms with Crippen LogP contribution in [0.1, 0.15) is 84.5 Å². The van der Waals surface area contributed by atoms with E-state index in [1.807, 2.05) is 0 Å². The standard InChI is InChI=1S/C9H17NO2.C6H11.C4H9NO2/c10-8(9(11)12)6-7-4-2-1-3-5-7;1-2-4-6-5-3-1;1-4(2,5)3(6)7/h7-8H,1-6,10H2,(H,11,12);1H,2-6H2;5H2,1-2H3,(H,6,7). The summed E-state index contributed by atoms with van der Waals surface area (Å²) in [6, 6.07) is -0.645. The monoisotopic (exact) mass is 357 g/mol. The van der Waals surface area contributed by atoms with Crippen LogP contribution >= 0.6 is 0 Å². The number of nitrogens with two attached hydrogens (primary N) is 2. The summed E-state index contributed by atoms with van der Waals surface area (Å²) in [4.78, 5) is 20.3. The molecule has 1 atom stereocenters. The lowest BCUT2D eigenvalue weighted by molar-refractivity contribution is -0.142. The van der Waals surface area contributed by atoms with Crippen LogP contribution in [-0.2, 0) is 9.59 Å². The van der Waals surface area contributed by atoms with E-state index < -0.39 is 23.5 Å². The largest absolute Gasteiger partial charge is 0.480 e. The van der Waals surface area contributed by atoms with Crippen molar-refractivity contribution >= 4 is 11.9 Å². The van der Waals surface area contributed by atoms with Crippen molar-refractivity contribution in [1.82, 2.24) is 0 Å². The highest BCUT2D eigenvalue weighted by Crippen LogP contribution is 2.26. The van der Waals surface area contributed by atoms with Crippen LogP contribution in [0.25, 0.3) is 0 Å². The molecule has 0 saturated heterocycles. The molecular weight excluding hydrogens is 320 g/mol. The molecule has 0 aliphatic heterocycles. The van der Waals surface area contributed by atoms with Crippen molar-refractivity contribution in [3.63, 3.8) is 0 Å². The normalized spacial score (nSPS) is 19.5. The van der Waals surface area contributed by atoms with E-state index >= 15 is 0 Å². The highest BCUT2D eigenvalue weighted by Gasteiger charge is 2.20. The molecule has 6 N–H and O–H groups in total. The van der Waals surface area contributed by atoms with Gasteiger partial charge in [0.05, 0.1) is 0 Å². The van der Waals surface area contributed by atoms with Gasteiger partial charge in [0.1, 0.15) is 11.6 Å². The fraction of sp³-hybridized carbons (Fsp3) is 0.842. The second-order valence-electron chi connectivity index (χ2n) is 7.64. The summed E-state index contributed by atoms with van der Waals surface area (Å²) in [5, 5.41) is 16.7. The predicted molar refractivity (Wildman–Crippen MR) is 100 cm³/mol. The summed E-state index contributed by atoms with van der Waals surface area (Å²) in [5.41, 5.74) is 9.44. The van der Waals surface area contributed by atoms with E-state index in [0.29, 0.717) is 12.3 Å². The third-order valence-electron chi connectivity index (χ3n) is 4.50. The molecule has 0 bridgehead atoms. The summed E-state index contributed by atoms with van der Waals surface area (Å²) in [6.07, 6.45) is 16.3. The molecule has 0 aromatic heterocycles. The molecule has 6 nitrogen and oxygen atoms in total. The fourth-order valence-corrected chi connectivity index (χ4v) is 2.78. The van der Waals surface area contributed by atoms with Gasteiger partial charge in [0.2, 0.25) is 0 Å². The van der Waals surface area contributed by atoms with Gasteiger partial charge in [-0.05, 0) is 32.6 Å². The first-order chi connectivity index (χ1) is 11.6. The van der Waals surface area contributed by atoms with Crippen LogP contribution in [-0.4, -0.2) is 33.7 Å². The van der Waals surface area contributed by atoms with E-state index in [1.54, 1.807) is 0 Å². The van der Waals surface area contributed by atoms with Gasteiger partial charge in [0, 0.05) is 0 Å². The average Bonchev–Trinajstić information content (AvgIpc) is 2.57. The van der Waals surface area contributed by atoms with Crippen molar-refractivity contribution in [3.05, 3.63) is 6.42 Å². The van der Waals surface area contributed by atoms with E-state index in [9.17, 15) is 9.59 Å². The van der Waals surface area contributed by atoms with Gasteiger partial charge in [-0.3, -0.25) is 9.59 Å². The third-order valence-corrected chi connectivity index (χ3v) is 4.50. The topological polar surface area (TPSA) is 127 Å². The number of hydrogen-bond donors (Lipinski definition) is 4. The molecule has 2 fully saturated rings. The molecule has 6 heteroatoms. The van der Waals surface area contributed by atoms with Crippen LogP contribution in [0, 0.1) is 12.3 Å². The van der Waals surface area contributed by atoms with Crippen molar-refractivity contribution in [2.45, 2.75) is 96.1 Å². The summed E-state index contributed by atoms with van der Waals surface area (Å²) < 4.78 is 0. The zero-order chi connectivity index (χ0) is 19.3. The Labute approximate surface area is 152 Å². The lowest BCUT2D eigenvalue weighted by atomic mass is 9.85. The Hall–Kier alpha value is -1.14. The van der Waals surface area contributed by atoms with Crippen molar-refractivity contribution in [2.24, 2.45) is 17.4 Å². The zero-order valence-electron chi connectivity index (χ0n) is 15.9. The molecule has 0 amide bonds. The number of rotatable bonds is 4. The lowest BCUT2D eigenvalue weighted by Crippen LogP contribution is -2.41. The van der Waals surface area contributed by atoms with Crippen LogP contribution in [0.15, 0.2) is 0 Å². The smallest absolute Gasteiger partial charge is 0.323 e. The molecule has 1 unspecified atom stereocenters. The number of carboxylic acids is 2. The second-order valence-corrected chi connectivity index (χ2v) is 7.64. The molecular formula is C19H37N2O4. The fourth-order valence-electron chi connectivity index (χ4n) is 2.78. The number of carbonyl (C=O) groups is 2. The first-order valence-electron chi connectivity index (χ1n) is 9.47. The highest BCUT2D eigenvalue weighted by atomic mass is 16.4. The van der Waals surface area contributed by atoms with Crippen molar-refractivity contribution in [1.29, 1.82) is 0 Å². The third kappa shape index (κ3) is 13.8. The minimum atomic E-state index is -1.08. The molecule has 0 heterocycles. The summed E-state index contributed by atoms with van der Waals surface area (Å²) in [5.74, 6) is -1.28. The maximum atomic E-state index is 10.4. The van der Waals surface area contributed by atoms with Crippen molar-refractivity contribution in [2.75, 3.05) is 0 Å². The van der Waals surface area contributed by atoms with E-state index in [-0.39, 0.29) is 0 Å². The van der Waals surface area contributed by atoms with Gasteiger partial charge in [-0.1, -0.05) is 64.2 Å². The van der Waals surface area contributed by atoms with Gasteiger partial charge in [-0.25, -0.2) is 0 Å². The van der Waals surface area contributed by atoms with Crippen molar-refractivity contribution < 1.29 is 19.8 Å². The van der Waals surface area contributed by atoms with Gasteiger partial charge in [0.15, 0.2) is 0 Å². The Morgan fingerprint density at radius 2 is 1.48 bits per heavy atom. The SMILES string of the molecule is CC(C)(N)C(=O)O.NC(CC1CCCCC1)C(=O)O.[CH]1CCCCC1. The molecule has 2 rings (SSSR count). The summed E-state index contributed by atoms with van der Waals surface area (Å²) in [6.45, 7) is 2.88. The Bertz CT molecular complexity index is 359. The minimum absolute atomic E-state index is 0.560. The van der Waals surface area contributed by atoms with E-state index in [1.165, 1.54) is 78.1 Å². The molecule has 2 saturated carbocycles. The molecule has 2 aliphatic carbocycles. The molecule has 0 aromatic carbocycles. The van der Waals surface area contributed by atoms with Crippen LogP contribution in [0.5, 0.6) is 0 Å². The number of carboxylic acid groups (broad SMARTS) is 2. The highest BCUT2D eigenvalue weighted by molar-refractivity contribution is 5.77. The predicted octanol–water partition coefficient (Wildman–Crippen LogP) is 3.33. The van der Waals surface area contributed by atoms with Crippen LogP contribution in [0.2, 0.25) is 0 Å². The molecule has 2 aliphatic rings. The van der Waals surface area contributed by atoms with Crippen molar-refractivity contribution in [3.8, 4) is 0 Å². The Balaban J connectivity index is 0.000000377. The molecule has 0 spiro atoms. The lowest BCUT2D eigenvalue weighted by Gasteiger charge is -2.22. The van der Waals surface area contributed by atoms with E-state index in [0.717, 1.165) is 0 Å². The first-order valence-corrected chi connectivity index (χ1v) is 9.47. The maximum absolute atomic E-state index is 10.4. The van der Waals surface area contributed by atoms with Gasteiger partial charge >= 0.3 is 11.9 Å². The van der Waals surface area contributed by atoms with E-state index in [2.05, 4.69) is 6.42 Å². The minimum Gasteiger partial charge on any atom is -0.480 e. The summed E-state index contributed by atoms with van der Waals surface area (Å²) >= 11 is 0. The van der Waals surface area contributed by atoms with Crippen LogP contribution in [0.3, 0.4) is 0 Å². The van der Waals surface area contributed by atoms with Gasteiger partial charge in [0.25, 0.3) is 0 Å². The van der Waals surface area contributed by atoms with Crippen LogP contribution in [0.4, 0.5) is 0 Å². The zero-order valence-corrected chi connectivity index (χ0v) is 15.9. The van der Waals surface area contributed by atoms with Gasteiger partial charge in [-0.2, -0.15) is 0 Å². The molecule has 25 heavy (non-hydrogen) atoms. The quantitative estimate of drug-likeness (QED) is 0.611. The second kappa shape index (κ2) is 13.1. The first kappa shape index (κ1) is 23.9. The average molecular weight is 358 g/mol. The maximum Gasteiger partial charge on any atom is 0.323 e. The molecule has 147 valence electrons. The van der Waals surface area contributed by atoms with Crippen LogP contribution < -0.4 is 11.5 Å². The Kier molecular flexibility index (Phi) is 12.5.